The molecule has 1 unspecified atom stereocenters. The number of benzene rings is 1. The lowest BCUT2D eigenvalue weighted by Crippen LogP contribution is -2.15. The van der Waals surface area contributed by atoms with Gasteiger partial charge in [0.05, 0.1) is 15.9 Å². The van der Waals surface area contributed by atoms with E-state index in [9.17, 15) is 8.78 Å². The number of nitrogens with zero attached hydrogens (tertiary/aromatic N) is 2. The second-order valence-corrected chi connectivity index (χ2v) is 5.52. The number of aromatic nitrogens is 2. The molecule has 0 radical (unpaired) electrons. The molecule has 2 rings (SSSR count). The summed E-state index contributed by atoms with van der Waals surface area (Å²) in [5, 5.41) is 4.32. The number of alkyl halides is 2. The maximum Gasteiger partial charge on any atom is 0.387 e. The summed E-state index contributed by atoms with van der Waals surface area (Å²) in [6.07, 6.45) is 0.590. The first-order valence-electron chi connectivity index (χ1n) is 6.36. The summed E-state index contributed by atoms with van der Waals surface area (Å²) in [6, 6.07) is 6.12. The number of hydrogen-bond donors (Lipinski definition) is 1. The molecule has 7 heteroatoms. The summed E-state index contributed by atoms with van der Waals surface area (Å²) < 4.78 is 31.2. The molecule has 0 aliphatic heterocycles. The third-order valence-electron chi connectivity index (χ3n) is 3.21. The van der Waals surface area contributed by atoms with Crippen LogP contribution in [-0.4, -0.2) is 16.4 Å². The van der Waals surface area contributed by atoms with Crippen LogP contribution in [0.15, 0.2) is 28.7 Å². The average molecular weight is 360 g/mol. The van der Waals surface area contributed by atoms with Crippen molar-refractivity contribution in [2.24, 2.45) is 12.8 Å². The summed E-state index contributed by atoms with van der Waals surface area (Å²) in [5.74, 6) is 0.124. The van der Waals surface area contributed by atoms with E-state index >= 15 is 0 Å². The van der Waals surface area contributed by atoms with E-state index < -0.39 is 6.61 Å². The number of nitrogens with two attached hydrogens (primary N) is 1. The highest BCUT2D eigenvalue weighted by Crippen LogP contribution is 2.26. The topological polar surface area (TPSA) is 53.1 Å². The van der Waals surface area contributed by atoms with Crippen LogP contribution in [0.5, 0.6) is 5.75 Å². The van der Waals surface area contributed by atoms with Crippen LogP contribution in [-0.2, 0) is 13.5 Å². The molecule has 1 atom stereocenters. The first kappa shape index (κ1) is 15.9. The van der Waals surface area contributed by atoms with Crippen LogP contribution in [0.1, 0.15) is 23.0 Å². The fraction of sp³-hybridized carbons (Fsp3) is 0.357. The van der Waals surface area contributed by atoms with Gasteiger partial charge >= 0.3 is 6.61 Å². The van der Waals surface area contributed by atoms with Crippen LogP contribution in [0.2, 0.25) is 0 Å². The minimum atomic E-state index is -2.82. The zero-order valence-electron chi connectivity index (χ0n) is 11.7. The lowest BCUT2D eigenvalue weighted by Gasteiger charge is -2.13. The van der Waals surface area contributed by atoms with E-state index in [-0.39, 0.29) is 11.8 Å². The van der Waals surface area contributed by atoms with Gasteiger partial charge < -0.3 is 10.5 Å². The standard InChI is InChI=1S/C14H16BrF2N3O/c1-8-13(15)12(20(2)19-8)7-11(18)9-3-5-10(6-4-9)21-14(16)17/h3-6,11,14H,7,18H2,1-2H3. The molecule has 0 saturated heterocycles. The van der Waals surface area contributed by atoms with Crippen molar-refractivity contribution in [2.75, 3.05) is 0 Å². The van der Waals surface area contributed by atoms with Gasteiger partial charge in [-0.1, -0.05) is 12.1 Å². The van der Waals surface area contributed by atoms with Crippen LogP contribution in [0.25, 0.3) is 0 Å². The van der Waals surface area contributed by atoms with E-state index in [2.05, 4.69) is 25.8 Å². The van der Waals surface area contributed by atoms with Crippen molar-refractivity contribution >= 4 is 15.9 Å². The first-order chi connectivity index (χ1) is 9.88. The summed E-state index contributed by atoms with van der Waals surface area (Å²) >= 11 is 3.50. The Morgan fingerprint density at radius 2 is 1.95 bits per heavy atom. The number of hydrogen-bond acceptors (Lipinski definition) is 3. The van der Waals surface area contributed by atoms with Crippen molar-refractivity contribution in [1.29, 1.82) is 0 Å². The number of aryl methyl sites for hydroxylation is 2. The molecule has 0 saturated carbocycles. The lowest BCUT2D eigenvalue weighted by molar-refractivity contribution is -0.0498. The van der Waals surface area contributed by atoms with Gasteiger partial charge in [0.1, 0.15) is 5.75 Å². The minimum Gasteiger partial charge on any atom is -0.435 e. The summed E-state index contributed by atoms with van der Waals surface area (Å²) in [6.45, 7) is -0.909. The second-order valence-electron chi connectivity index (χ2n) is 4.73. The molecule has 0 spiro atoms. The molecule has 0 bridgehead atoms. The predicted octanol–water partition coefficient (Wildman–Crippen LogP) is 3.33. The summed E-state index contributed by atoms with van der Waals surface area (Å²) in [7, 11) is 1.86. The lowest BCUT2D eigenvalue weighted by atomic mass is 10.0. The van der Waals surface area contributed by atoms with E-state index in [0.29, 0.717) is 6.42 Å². The Bertz CT molecular complexity index is 613. The summed E-state index contributed by atoms with van der Waals surface area (Å²) in [4.78, 5) is 0. The van der Waals surface area contributed by atoms with Crippen LogP contribution in [0, 0.1) is 6.92 Å². The largest absolute Gasteiger partial charge is 0.435 e. The van der Waals surface area contributed by atoms with Gasteiger partial charge in [-0.2, -0.15) is 13.9 Å². The molecule has 0 aliphatic rings. The van der Waals surface area contributed by atoms with Gasteiger partial charge in [-0.05, 0) is 40.5 Å². The Morgan fingerprint density at radius 1 is 1.33 bits per heavy atom. The maximum atomic E-state index is 12.1. The van der Waals surface area contributed by atoms with E-state index in [4.69, 9.17) is 5.73 Å². The van der Waals surface area contributed by atoms with Crippen molar-refractivity contribution in [3.63, 3.8) is 0 Å². The predicted molar refractivity (Wildman–Crippen MR) is 79.4 cm³/mol. The van der Waals surface area contributed by atoms with Gasteiger partial charge in [-0.15, -0.1) is 0 Å². The van der Waals surface area contributed by atoms with Crippen LogP contribution in [0.4, 0.5) is 8.78 Å². The Morgan fingerprint density at radius 3 is 2.43 bits per heavy atom. The Balaban J connectivity index is 2.11. The molecule has 0 amide bonds. The van der Waals surface area contributed by atoms with Gasteiger partial charge in [-0.3, -0.25) is 4.68 Å². The van der Waals surface area contributed by atoms with Crippen molar-refractivity contribution in [1.82, 2.24) is 9.78 Å². The second kappa shape index (κ2) is 6.53. The normalized spacial score (nSPS) is 12.7. The zero-order valence-corrected chi connectivity index (χ0v) is 13.3. The smallest absolute Gasteiger partial charge is 0.387 e. The zero-order chi connectivity index (χ0) is 15.6. The highest BCUT2D eigenvalue weighted by Gasteiger charge is 2.15. The van der Waals surface area contributed by atoms with Crippen molar-refractivity contribution in [3.05, 3.63) is 45.7 Å². The highest BCUT2D eigenvalue weighted by molar-refractivity contribution is 9.10. The van der Waals surface area contributed by atoms with Gasteiger partial charge in [0.15, 0.2) is 0 Å². The molecule has 4 nitrogen and oxygen atoms in total. The highest BCUT2D eigenvalue weighted by atomic mass is 79.9. The number of rotatable bonds is 5. The number of ether oxygens (including phenoxy) is 1. The molecule has 1 aromatic carbocycles. The fourth-order valence-corrected chi connectivity index (χ4v) is 2.62. The molecule has 1 aromatic heterocycles. The average Bonchev–Trinajstić information content (AvgIpc) is 2.65. The van der Waals surface area contributed by atoms with E-state index in [0.717, 1.165) is 21.4 Å². The third kappa shape index (κ3) is 3.79. The fourth-order valence-electron chi connectivity index (χ4n) is 2.12. The SMILES string of the molecule is Cc1nn(C)c(CC(N)c2ccc(OC(F)F)cc2)c1Br. The molecular formula is C14H16BrF2N3O. The molecule has 21 heavy (non-hydrogen) atoms. The molecule has 2 aromatic rings. The number of halogens is 3. The van der Waals surface area contributed by atoms with Crippen LogP contribution in [0.3, 0.4) is 0 Å². The molecule has 2 N–H and O–H groups in total. The van der Waals surface area contributed by atoms with Crippen LogP contribution < -0.4 is 10.5 Å². The van der Waals surface area contributed by atoms with Crippen molar-refractivity contribution in [3.8, 4) is 5.75 Å². The Hall–Kier alpha value is -1.47. The quantitative estimate of drug-likeness (QED) is 0.890. The molecule has 114 valence electrons. The summed E-state index contributed by atoms with van der Waals surface area (Å²) in [5.41, 5.74) is 8.92. The van der Waals surface area contributed by atoms with E-state index in [1.54, 1.807) is 16.8 Å². The molecule has 0 aliphatic carbocycles. The van der Waals surface area contributed by atoms with E-state index in [1.165, 1.54) is 12.1 Å². The van der Waals surface area contributed by atoms with Crippen molar-refractivity contribution in [2.45, 2.75) is 26.0 Å². The van der Waals surface area contributed by atoms with E-state index in [1.807, 2.05) is 14.0 Å². The van der Waals surface area contributed by atoms with Crippen LogP contribution >= 0.6 is 15.9 Å². The molecule has 1 heterocycles. The molecular weight excluding hydrogens is 344 g/mol. The van der Waals surface area contributed by atoms with Gasteiger partial charge in [-0.25, -0.2) is 0 Å². The monoisotopic (exact) mass is 359 g/mol. The Kier molecular flexibility index (Phi) is 4.95. The molecule has 0 fully saturated rings. The Labute approximate surface area is 130 Å². The third-order valence-corrected chi connectivity index (χ3v) is 4.24. The van der Waals surface area contributed by atoms with Gasteiger partial charge in [0, 0.05) is 19.5 Å². The first-order valence-corrected chi connectivity index (χ1v) is 7.16. The van der Waals surface area contributed by atoms with Gasteiger partial charge in [0.2, 0.25) is 0 Å². The minimum absolute atomic E-state index is 0.124. The van der Waals surface area contributed by atoms with Gasteiger partial charge in [0.25, 0.3) is 0 Å². The maximum absolute atomic E-state index is 12.1. The van der Waals surface area contributed by atoms with Crippen molar-refractivity contribution < 1.29 is 13.5 Å².